The van der Waals surface area contributed by atoms with Crippen molar-refractivity contribution in [2.24, 2.45) is 5.73 Å². The van der Waals surface area contributed by atoms with Crippen LogP contribution < -0.4 is 11.5 Å². The molecule has 1 atom stereocenters. The van der Waals surface area contributed by atoms with Crippen molar-refractivity contribution in [2.45, 2.75) is 25.3 Å². The second kappa shape index (κ2) is 5.23. The lowest BCUT2D eigenvalue weighted by Crippen LogP contribution is -2.40. The van der Waals surface area contributed by atoms with Gasteiger partial charge in [0.15, 0.2) is 0 Å². The summed E-state index contributed by atoms with van der Waals surface area (Å²) < 4.78 is 0. The highest BCUT2D eigenvalue weighted by Gasteiger charge is 2.19. The Morgan fingerprint density at radius 2 is 1.50 bits per heavy atom. The summed E-state index contributed by atoms with van der Waals surface area (Å²) in [4.78, 5) is 0. The topological polar surface area (TPSA) is 52.0 Å². The second-order valence-corrected chi connectivity index (χ2v) is 5.24. The highest BCUT2D eigenvalue weighted by atomic mass is 14.7. The van der Waals surface area contributed by atoms with Gasteiger partial charge in [0.2, 0.25) is 0 Å². The van der Waals surface area contributed by atoms with Gasteiger partial charge in [-0.15, -0.1) is 0 Å². The van der Waals surface area contributed by atoms with Crippen LogP contribution in [-0.2, 0) is 12.8 Å². The predicted octanol–water partition coefficient (Wildman–Crippen LogP) is 2.77. The molecule has 0 aliphatic heterocycles. The third-order valence-corrected chi connectivity index (χ3v) is 3.01. The van der Waals surface area contributed by atoms with E-state index in [4.69, 9.17) is 11.5 Å². The van der Waals surface area contributed by atoms with Gasteiger partial charge in [0, 0.05) is 11.2 Å². The maximum atomic E-state index is 6.39. The van der Waals surface area contributed by atoms with Crippen LogP contribution in [0, 0.1) is 0 Å². The maximum Gasteiger partial charge on any atom is 0.0316 e. The summed E-state index contributed by atoms with van der Waals surface area (Å²) in [6, 6.07) is 18.3. The van der Waals surface area contributed by atoms with Gasteiger partial charge in [-0.05, 0) is 43.0 Å². The van der Waals surface area contributed by atoms with Gasteiger partial charge in [-0.1, -0.05) is 42.5 Å². The minimum absolute atomic E-state index is 0.255. The Labute approximate surface area is 109 Å². The van der Waals surface area contributed by atoms with Crippen molar-refractivity contribution in [3.05, 3.63) is 65.7 Å². The number of nitrogens with two attached hydrogens (primary N) is 2. The van der Waals surface area contributed by atoms with E-state index in [1.54, 1.807) is 0 Å². The SMILES string of the molecule is CC(N)(Cc1ccccc1)Cc1cccc(N)c1. The van der Waals surface area contributed by atoms with Crippen molar-refractivity contribution in [3.63, 3.8) is 0 Å². The molecule has 0 aromatic heterocycles. The normalized spacial score (nSPS) is 14.1. The molecule has 2 heteroatoms. The Bertz CT molecular complexity index is 504. The van der Waals surface area contributed by atoms with Crippen LogP contribution in [0.15, 0.2) is 54.6 Å². The molecule has 0 heterocycles. The van der Waals surface area contributed by atoms with Crippen molar-refractivity contribution in [2.75, 3.05) is 5.73 Å². The summed E-state index contributed by atoms with van der Waals surface area (Å²) in [6.45, 7) is 2.09. The fraction of sp³-hybridized carbons (Fsp3) is 0.250. The molecule has 0 saturated carbocycles. The summed E-state index contributed by atoms with van der Waals surface area (Å²) in [6.07, 6.45) is 1.69. The standard InChI is InChI=1S/C16H20N2/c1-16(18,11-13-6-3-2-4-7-13)12-14-8-5-9-15(17)10-14/h2-10H,11-12,17-18H2,1H3. The van der Waals surface area contributed by atoms with Crippen LogP contribution in [0.2, 0.25) is 0 Å². The van der Waals surface area contributed by atoms with E-state index in [1.807, 2.05) is 36.4 Å². The summed E-state index contributed by atoms with van der Waals surface area (Å²) in [5.41, 5.74) is 15.2. The minimum atomic E-state index is -0.255. The molecule has 2 aromatic rings. The lowest BCUT2D eigenvalue weighted by molar-refractivity contribution is 0.463. The zero-order chi connectivity index (χ0) is 13.0. The van der Waals surface area contributed by atoms with Crippen LogP contribution in [0.25, 0.3) is 0 Å². The Morgan fingerprint density at radius 3 is 2.17 bits per heavy atom. The fourth-order valence-corrected chi connectivity index (χ4v) is 2.29. The van der Waals surface area contributed by atoms with E-state index < -0.39 is 0 Å². The van der Waals surface area contributed by atoms with Gasteiger partial charge in [-0.25, -0.2) is 0 Å². The lowest BCUT2D eigenvalue weighted by atomic mass is 9.87. The number of anilines is 1. The van der Waals surface area contributed by atoms with E-state index in [2.05, 4.69) is 25.1 Å². The van der Waals surface area contributed by atoms with E-state index in [0.717, 1.165) is 18.5 Å². The van der Waals surface area contributed by atoms with Crippen molar-refractivity contribution >= 4 is 5.69 Å². The van der Waals surface area contributed by atoms with E-state index in [9.17, 15) is 0 Å². The zero-order valence-electron chi connectivity index (χ0n) is 10.8. The van der Waals surface area contributed by atoms with Crippen LogP contribution in [-0.4, -0.2) is 5.54 Å². The molecule has 0 spiro atoms. The van der Waals surface area contributed by atoms with Gasteiger partial charge in [0.1, 0.15) is 0 Å². The number of hydrogen-bond acceptors (Lipinski definition) is 2. The first kappa shape index (κ1) is 12.7. The predicted molar refractivity (Wildman–Crippen MR) is 77.3 cm³/mol. The third kappa shape index (κ3) is 3.60. The van der Waals surface area contributed by atoms with E-state index in [-0.39, 0.29) is 5.54 Å². The van der Waals surface area contributed by atoms with Crippen LogP contribution in [0.1, 0.15) is 18.1 Å². The molecule has 0 fully saturated rings. The van der Waals surface area contributed by atoms with Crippen molar-refractivity contribution < 1.29 is 0 Å². The highest BCUT2D eigenvalue weighted by Crippen LogP contribution is 2.18. The largest absolute Gasteiger partial charge is 0.399 e. The summed E-state index contributed by atoms with van der Waals surface area (Å²) in [5.74, 6) is 0. The van der Waals surface area contributed by atoms with Gasteiger partial charge in [-0.2, -0.15) is 0 Å². The first-order valence-electron chi connectivity index (χ1n) is 6.22. The lowest BCUT2D eigenvalue weighted by Gasteiger charge is -2.25. The Balaban J connectivity index is 2.07. The molecular formula is C16H20N2. The molecule has 0 radical (unpaired) electrons. The van der Waals surface area contributed by atoms with E-state index in [0.29, 0.717) is 0 Å². The van der Waals surface area contributed by atoms with Gasteiger partial charge in [0.25, 0.3) is 0 Å². The molecule has 0 saturated heterocycles. The second-order valence-electron chi connectivity index (χ2n) is 5.24. The molecule has 0 aliphatic rings. The van der Waals surface area contributed by atoms with Crippen LogP contribution >= 0.6 is 0 Å². The minimum Gasteiger partial charge on any atom is -0.399 e. The van der Waals surface area contributed by atoms with Gasteiger partial charge < -0.3 is 11.5 Å². The van der Waals surface area contributed by atoms with Crippen LogP contribution in [0.5, 0.6) is 0 Å². The summed E-state index contributed by atoms with van der Waals surface area (Å²) >= 11 is 0. The Hall–Kier alpha value is -1.80. The Kier molecular flexibility index (Phi) is 3.68. The molecule has 2 aromatic carbocycles. The van der Waals surface area contributed by atoms with Gasteiger partial charge in [-0.3, -0.25) is 0 Å². The smallest absolute Gasteiger partial charge is 0.0316 e. The zero-order valence-corrected chi connectivity index (χ0v) is 10.8. The molecule has 2 rings (SSSR count). The average molecular weight is 240 g/mol. The summed E-state index contributed by atoms with van der Waals surface area (Å²) in [7, 11) is 0. The van der Waals surface area contributed by atoms with E-state index in [1.165, 1.54) is 11.1 Å². The molecule has 94 valence electrons. The molecule has 18 heavy (non-hydrogen) atoms. The first-order valence-corrected chi connectivity index (χ1v) is 6.22. The number of nitrogen functional groups attached to an aromatic ring is 1. The highest BCUT2D eigenvalue weighted by molar-refractivity contribution is 5.41. The molecular weight excluding hydrogens is 220 g/mol. The molecule has 0 amide bonds. The van der Waals surface area contributed by atoms with Gasteiger partial charge in [0.05, 0.1) is 0 Å². The fourth-order valence-electron chi connectivity index (χ4n) is 2.29. The third-order valence-electron chi connectivity index (χ3n) is 3.01. The van der Waals surface area contributed by atoms with Crippen molar-refractivity contribution in [1.29, 1.82) is 0 Å². The van der Waals surface area contributed by atoms with Crippen molar-refractivity contribution in [3.8, 4) is 0 Å². The Morgan fingerprint density at radius 1 is 0.889 bits per heavy atom. The van der Waals surface area contributed by atoms with Crippen LogP contribution in [0.4, 0.5) is 5.69 Å². The summed E-state index contributed by atoms with van der Waals surface area (Å²) in [5, 5.41) is 0. The first-order chi connectivity index (χ1) is 8.55. The number of benzene rings is 2. The molecule has 4 N–H and O–H groups in total. The molecule has 0 aliphatic carbocycles. The molecule has 1 unspecified atom stereocenters. The molecule has 2 nitrogen and oxygen atoms in total. The number of rotatable bonds is 4. The average Bonchev–Trinajstić information content (AvgIpc) is 2.28. The maximum absolute atomic E-state index is 6.39. The van der Waals surface area contributed by atoms with Crippen LogP contribution in [0.3, 0.4) is 0 Å². The van der Waals surface area contributed by atoms with Crippen molar-refractivity contribution in [1.82, 2.24) is 0 Å². The van der Waals surface area contributed by atoms with Gasteiger partial charge >= 0.3 is 0 Å². The number of hydrogen-bond donors (Lipinski definition) is 2. The quantitative estimate of drug-likeness (QED) is 0.807. The molecule has 0 bridgehead atoms. The monoisotopic (exact) mass is 240 g/mol. The van der Waals surface area contributed by atoms with E-state index >= 15 is 0 Å².